The number of benzene rings is 2. The van der Waals surface area contributed by atoms with Gasteiger partial charge in [0.1, 0.15) is 23.6 Å². The average molecular weight is 397 g/mol. The highest BCUT2D eigenvalue weighted by Crippen LogP contribution is 2.32. The first kappa shape index (κ1) is 19.6. The van der Waals surface area contributed by atoms with Crippen LogP contribution in [-0.4, -0.2) is 34.9 Å². The molecule has 28 heavy (non-hydrogen) atoms. The number of halogens is 1. The molecule has 0 saturated heterocycles. The van der Waals surface area contributed by atoms with Gasteiger partial charge in [-0.15, -0.1) is 0 Å². The Hall–Kier alpha value is -3.12. The molecule has 7 heteroatoms. The summed E-state index contributed by atoms with van der Waals surface area (Å²) < 4.78 is 5.37. The monoisotopic (exact) mass is 396 g/mol. The van der Waals surface area contributed by atoms with Crippen molar-refractivity contribution in [3.8, 4) is 5.75 Å². The smallest absolute Gasteiger partial charge is 0.272 e. The summed E-state index contributed by atoms with van der Waals surface area (Å²) in [6.45, 7) is 2.40. The molecule has 0 saturated carbocycles. The summed E-state index contributed by atoms with van der Waals surface area (Å²) in [5.74, 6) is 0.892. The molecule has 3 rings (SSSR count). The van der Waals surface area contributed by atoms with E-state index in [1.165, 1.54) is 6.33 Å². The summed E-state index contributed by atoms with van der Waals surface area (Å²) in [5, 5.41) is 3.78. The number of rotatable bonds is 6. The first-order chi connectivity index (χ1) is 13.5. The standard InChI is InChI=1S/C21H21ClN4O2/c1-14-9-17(19(28-3)10-16(14)22)25-20-11-18(23-13-24-20)21(27)26(2)12-15-7-5-4-6-8-15/h4-11,13H,12H2,1-3H3,(H,23,24,25). The number of ether oxygens (including phenoxy) is 1. The lowest BCUT2D eigenvalue weighted by molar-refractivity contribution is 0.0779. The Morgan fingerprint density at radius 3 is 2.64 bits per heavy atom. The van der Waals surface area contributed by atoms with Crippen molar-refractivity contribution in [3.63, 3.8) is 0 Å². The molecule has 0 aliphatic heterocycles. The molecule has 0 atom stereocenters. The highest BCUT2D eigenvalue weighted by molar-refractivity contribution is 6.31. The highest BCUT2D eigenvalue weighted by atomic mass is 35.5. The second-order valence-corrected chi connectivity index (χ2v) is 6.77. The van der Waals surface area contributed by atoms with Gasteiger partial charge in [-0.25, -0.2) is 9.97 Å². The second kappa shape index (κ2) is 8.71. The fraction of sp³-hybridized carbons (Fsp3) is 0.190. The summed E-state index contributed by atoms with van der Waals surface area (Å²) in [7, 11) is 3.32. The van der Waals surface area contributed by atoms with E-state index >= 15 is 0 Å². The van der Waals surface area contributed by atoms with Crippen LogP contribution in [0.15, 0.2) is 54.9 Å². The Morgan fingerprint density at radius 1 is 1.18 bits per heavy atom. The number of methoxy groups -OCH3 is 1. The van der Waals surface area contributed by atoms with Crippen LogP contribution in [0.2, 0.25) is 5.02 Å². The summed E-state index contributed by atoms with van der Waals surface area (Å²) >= 11 is 6.15. The Morgan fingerprint density at radius 2 is 1.93 bits per heavy atom. The summed E-state index contributed by atoms with van der Waals surface area (Å²) in [4.78, 5) is 22.7. The first-order valence-electron chi connectivity index (χ1n) is 8.70. The zero-order chi connectivity index (χ0) is 20.1. The van der Waals surface area contributed by atoms with Gasteiger partial charge in [-0.2, -0.15) is 0 Å². The minimum atomic E-state index is -0.187. The lowest BCUT2D eigenvalue weighted by atomic mass is 10.2. The SMILES string of the molecule is COc1cc(Cl)c(C)cc1Nc1cc(C(=O)N(C)Cc2ccccc2)ncn1. The van der Waals surface area contributed by atoms with Crippen molar-refractivity contribution >= 4 is 29.0 Å². The summed E-state index contributed by atoms with van der Waals surface area (Å²) in [5.41, 5.74) is 2.96. The Kier molecular flexibility index (Phi) is 6.11. The number of nitrogens with zero attached hydrogens (tertiary/aromatic N) is 3. The van der Waals surface area contributed by atoms with Crippen LogP contribution in [0.5, 0.6) is 5.75 Å². The fourth-order valence-electron chi connectivity index (χ4n) is 2.74. The molecule has 0 unspecified atom stereocenters. The van der Waals surface area contributed by atoms with E-state index < -0.39 is 0 Å². The van der Waals surface area contributed by atoms with E-state index in [0.29, 0.717) is 34.5 Å². The quantitative estimate of drug-likeness (QED) is 0.666. The molecule has 1 aromatic heterocycles. The molecular weight excluding hydrogens is 376 g/mol. The second-order valence-electron chi connectivity index (χ2n) is 6.36. The van der Waals surface area contributed by atoms with Crippen LogP contribution in [0.25, 0.3) is 0 Å². The van der Waals surface area contributed by atoms with E-state index in [1.54, 1.807) is 31.2 Å². The van der Waals surface area contributed by atoms with E-state index in [0.717, 1.165) is 11.1 Å². The van der Waals surface area contributed by atoms with Crippen LogP contribution < -0.4 is 10.1 Å². The van der Waals surface area contributed by atoms with Gasteiger partial charge in [0, 0.05) is 30.7 Å². The van der Waals surface area contributed by atoms with Crippen molar-refractivity contribution in [2.75, 3.05) is 19.5 Å². The van der Waals surface area contributed by atoms with Crippen LogP contribution in [0, 0.1) is 6.92 Å². The number of hydrogen-bond donors (Lipinski definition) is 1. The van der Waals surface area contributed by atoms with Gasteiger partial charge in [0.25, 0.3) is 5.91 Å². The largest absolute Gasteiger partial charge is 0.495 e. The van der Waals surface area contributed by atoms with Crippen molar-refractivity contribution in [2.24, 2.45) is 0 Å². The molecule has 1 heterocycles. The van der Waals surface area contributed by atoms with E-state index in [-0.39, 0.29) is 5.91 Å². The van der Waals surface area contributed by atoms with Gasteiger partial charge >= 0.3 is 0 Å². The molecule has 6 nitrogen and oxygen atoms in total. The molecule has 0 spiro atoms. The maximum Gasteiger partial charge on any atom is 0.272 e. The van der Waals surface area contributed by atoms with Gasteiger partial charge in [0.05, 0.1) is 12.8 Å². The lowest BCUT2D eigenvalue weighted by Crippen LogP contribution is -2.27. The van der Waals surface area contributed by atoms with Crippen molar-refractivity contribution in [1.29, 1.82) is 0 Å². The van der Waals surface area contributed by atoms with Crippen LogP contribution >= 0.6 is 11.6 Å². The molecule has 0 fully saturated rings. The molecule has 0 aliphatic rings. The van der Waals surface area contributed by atoms with Crippen LogP contribution in [0.4, 0.5) is 11.5 Å². The highest BCUT2D eigenvalue weighted by Gasteiger charge is 2.15. The molecule has 0 aliphatic carbocycles. The molecule has 2 aromatic carbocycles. The Bertz CT molecular complexity index is 979. The maximum atomic E-state index is 12.7. The van der Waals surface area contributed by atoms with E-state index in [9.17, 15) is 4.79 Å². The van der Waals surface area contributed by atoms with Crippen LogP contribution in [0.1, 0.15) is 21.6 Å². The fourth-order valence-corrected chi connectivity index (χ4v) is 2.89. The number of hydrogen-bond acceptors (Lipinski definition) is 5. The number of anilines is 2. The van der Waals surface area contributed by atoms with Gasteiger partial charge in [-0.05, 0) is 24.1 Å². The molecule has 3 aromatic rings. The number of carbonyl (C=O) groups excluding carboxylic acids is 1. The van der Waals surface area contributed by atoms with Gasteiger partial charge in [0.15, 0.2) is 0 Å². The predicted molar refractivity (Wildman–Crippen MR) is 110 cm³/mol. The molecule has 1 N–H and O–H groups in total. The number of carbonyl (C=O) groups is 1. The molecular formula is C21H21ClN4O2. The third-order valence-electron chi connectivity index (χ3n) is 4.24. The third kappa shape index (κ3) is 4.58. The number of nitrogens with one attached hydrogen (secondary N) is 1. The zero-order valence-corrected chi connectivity index (χ0v) is 16.7. The van der Waals surface area contributed by atoms with Crippen molar-refractivity contribution in [1.82, 2.24) is 14.9 Å². The number of aromatic nitrogens is 2. The lowest BCUT2D eigenvalue weighted by Gasteiger charge is -2.17. The topological polar surface area (TPSA) is 67.3 Å². The van der Waals surface area contributed by atoms with E-state index in [4.69, 9.17) is 16.3 Å². The minimum absolute atomic E-state index is 0.187. The van der Waals surface area contributed by atoms with Gasteiger partial charge in [-0.3, -0.25) is 4.79 Å². The van der Waals surface area contributed by atoms with Gasteiger partial charge < -0.3 is 15.0 Å². The maximum absolute atomic E-state index is 12.7. The first-order valence-corrected chi connectivity index (χ1v) is 9.08. The van der Waals surface area contributed by atoms with Gasteiger partial charge in [-0.1, -0.05) is 41.9 Å². The normalized spacial score (nSPS) is 10.4. The number of aryl methyl sites for hydroxylation is 1. The zero-order valence-electron chi connectivity index (χ0n) is 15.9. The summed E-state index contributed by atoms with van der Waals surface area (Å²) in [6, 6.07) is 15.0. The molecule has 144 valence electrons. The Balaban J connectivity index is 1.79. The minimum Gasteiger partial charge on any atom is -0.495 e. The molecule has 0 radical (unpaired) electrons. The molecule has 0 bridgehead atoms. The van der Waals surface area contributed by atoms with Crippen molar-refractivity contribution < 1.29 is 9.53 Å². The van der Waals surface area contributed by atoms with E-state index in [2.05, 4.69) is 15.3 Å². The third-order valence-corrected chi connectivity index (χ3v) is 4.65. The van der Waals surface area contributed by atoms with Crippen molar-refractivity contribution in [3.05, 3.63) is 76.7 Å². The van der Waals surface area contributed by atoms with Crippen molar-refractivity contribution in [2.45, 2.75) is 13.5 Å². The van der Waals surface area contributed by atoms with Crippen LogP contribution in [-0.2, 0) is 6.54 Å². The van der Waals surface area contributed by atoms with Crippen LogP contribution in [0.3, 0.4) is 0 Å². The number of amides is 1. The molecule has 1 amide bonds. The summed E-state index contributed by atoms with van der Waals surface area (Å²) in [6.07, 6.45) is 1.36. The average Bonchev–Trinajstić information content (AvgIpc) is 2.71. The predicted octanol–water partition coefficient (Wildman–Crippen LogP) is 4.46. The Labute approximate surface area is 169 Å². The van der Waals surface area contributed by atoms with Gasteiger partial charge in [0.2, 0.25) is 0 Å². The van der Waals surface area contributed by atoms with E-state index in [1.807, 2.05) is 43.3 Å².